The van der Waals surface area contributed by atoms with Crippen molar-refractivity contribution in [1.82, 2.24) is 0 Å². The quantitative estimate of drug-likeness (QED) is 0.0469. The van der Waals surface area contributed by atoms with Crippen molar-refractivity contribution in [1.29, 1.82) is 0 Å². The van der Waals surface area contributed by atoms with Crippen LogP contribution in [-0.2, 0) is 26.2 Å². The minimum Gasteiger partial charge on any atom is -0.366 e. The van der Waals surface area contributed by atoms with E-state index in [4.69, 9.17) is 40.9 Å². The first-order valence-electron chi connectivity index (χ1n) is 17.7. The van der Waals surface area contributed by atoms with Crippen LogP contribution in [0.2, 0.25) is 0 Å². The Labute approximate surface area is 298 Å². The first kappa shape index (κ1) is 55.0. The van der Waals surface area contributed by atoms with Crippen LogP contribution in [0.3, 0.4) is 0 Å². The van der Waals surface area contributed by atoms with Gasteiger partial charge in [0.05, 0.1) is 0 Å². The fourth-order valence-electron chi connectivity index (χ4n) is 3.90. The second-order valence-corrected chi connectivity index (χ2v) is 14.0. The summed E-state index contributed by atoms with van der Waals surface area (Å²) in [5.41, 5.74) is 0. The van der Waals surface area contributed by atoms with E-state index in [1.54, 1.807) is 0 Å². The zero-order chi connectivity index (χ0) is 35.6. The zero-order valence-electron chi connectivity index (χ0n) is 31.7. The molecule has 8 nitrogen and oxygen atoms in total. The Morgan fingerprint density at radius 2 is 0.467 bits per heavy atom. The van der Waals surface area contributed by atoms with Gasteiger partial charge in [-0.3, -0.25) is 0 Å². The first-order valence-corrected chi connectivity index (χ1v) is 17.7. The van der Waals surface area contributed by atoms with E-state index in [0.717, 1.165) is 51.4 Å². The average molecular weight is 732 g/mol. The van der Waals surface area contributed by atoms with Gasteiger partial charge < -0.3 is 40.9 Å². The Bertz CT molecular complexity index is 488. The van der Waals surface area contributed by atoms with Crippen molar-refractivity contribution in [3.63, 3.8) is 0 Å². The summed E-state index contributed by atoms with van der Waals surface area (Å²) < 4.78 is 0. The van der Waals surface area contributed by atoms with Crippen LogP contribution in [0.15, 0.2) is 0 Å². The molecule has 0 aliphatic heterocycles. The molecule has 0 aromatic rings. The number of rotatable bonds is 20. The van der Waals surface area contributed by atoms with Gasteiger partial charge in [0.1, 0.15) is 0 Å². The number of hydrogen-bond donors (Lipinski definition) is 8. The van der Waals surface area contributed by atoms with Gasteiger partial charge in [-0.15, -0.1) is 0 Å². The third kappa shape index (κ3) is 40.7. The zero-order valence-corrected chi connectivity index (χ0v) is 34.2. The molecule has 0 heterocycles. The first-order chi connectivity index (χ1) is 19.9. The molecule has 0 fully saturated rings. The smallest absolute Gasteiger partial charge is 0.162 e. The summed E-state index contributed by atoms with van der Waals surface area (Å²) in [5, 5.41) is 73.1. The monoisotopic (exact) mass is 730 g/mol. The van der Waals surface area contributed by atoms with Gasteiger partial charge in [-0.2, -0.15) is 0 Å². The standard InChI is InChI=1S/4C9H20O2.Zr/c4*1-4-5-6-7-8(2)9(3,10)11;/h4*8,10-11H,4-7H2,1-3H3;. The maximum absolute atomic E-state index is 9.14. The van der Waals surface area contributed by atoms with Crippen molar-refractivity contribution in [2.45, 2.75) is 209 Å². The van der Waals surface area contributed by atoms with Crippen LogP contribution in [-0.4, -0.2) is 64.0 Å². The molecule has 0 saturated heterocycles. The van der Waals surface area contributed by atoms with E-state index >= 15 is 0 Å². The molecule has 4 unspecified atom stereocenters. The molecule has 0 spiro atoms. The molecule has 0 amide bonds. The number of unbranched alkanes of at least 4 members (excludes halogenated alkanes) is 8. The molecular weight excluding hydrogens is 652 g/mol. The molecule has 0 radical (unpaired) electrons. The molecule has 0 rings (SSSR count). The van der Waals surface area contributed by atoms with Gasteiger partial charge in [0.15, 0.2) is 23.1 Å². The summed E-state index contributed by atoms with van der Waals surface area (Å²) in [7, 11) is 0. The minimum absolute atomic E-state index is 0. The maximum Gasteiger partial charge on any atom is 0.162 e. The van der Waals surface area contributed by atoms with Gasteiger partial charge in [0.2, 0.25) is 0 Å². The summed E-state index contributed by atoms with van der Waals surface area (Å²) in [6.45, 7) is 21.8. The van der Waals surface area contributed by atoms with E-state index in [-0.39, 0.29) is 49.9 Å². The average Bonchev–Trinajstić information content (AvgIpc) is 2.88. The van der Waals surface area contributed by atoms with Crippen LogP contribution >= 0.6 is 0 Å². The Hall–Kier alpha value is 0.563. The molecule has 0 aromatic carbocycles. The molecular formula is C36H80O8Zr. The fourth-order valence-corrected chi connectivity index (χ4v) is 3.90. The molecule has 0 saturated carbocycles. The Kier molecular flexibility index (Phi) is 37.4. The molecule has 9 heteroatoms. The molecule has 45 heavy (non-hydrogen) atoms. The molecule has 8 N–H and O–H groups in total. The van der Waals surface area contributed by atoms with E-state index in [1.165, 1.54) is 79.1 Å². The largest absolute Gasteiger partial charge is 0.366 e. The van der Waals surface area contributed by atoms with E-state index in [0.29, 0.717) is 0 Å². The predicted molar refractivity (Wildman–Crippen MR) is 185 cm³/mol. The summed E-state index contributed by atoms with van der Waals surface area (Å²) in [6, 6.07) is 0. The fraction of sp³-hybridized carbons (Fsp3) is 1.00. The van der Waals surface area contributed by atoms with Crippen LogP contribution in [0.4, 0.5) is 0 Å². The second-order valence-electron chi connectivity index (χ2n) is 14.0. The van der Waals surface area contributed by atoms with Crippen molar-refractivity contribution in [3.05, 3.63) is 0 Å². The van der Waals surface area contributed by atoms with Gasteiger partial charge in [0, 0.05) is 49.9 Å². The normalized spacial score (nSPS) is 14.7. The molecule has 0 aliphatic carbocycles. The molecule has 4 atom stereocenters. The van der Waals surface area contributed by atoms with E-state index in [9.17, 15) is 0 Å². The van der Waals surface area contributed by atoms with Crippen molar-refractivity contribution >= 4 is 0 Å². The molecule has 0 aromatic heterocycles. The van der Waals surface area contributed by atoms with Crippen LogP contribution in [0.1, 0.15) is 186 Å². The minimum atomic E-state index is -1.49. The number of hydrogen-bond acceptors (Lipinski definition) is 8. The third-order valence-corrected chi connectivity index (χ3v) is 8.70. The van der Waals surface area contributed by atoms with Crippen LogP contribution in [0.25, 0.3) is 0 Å². The van der Waals surface area contributed by atoms with Crippen LogP contribution < -0.4 is 0 Å². The van der Waals surface area contributed by atoms with Crippen LogP contribution in [0, 0.1) is 23.7 Å². The Morgan fingerprint density at radius 1 is 0.333 bits per heavy atom. The summed E-state index contributed by atoms with van der Waals surface area (Å²) in [5.74, 6) is -6.05. The summed E-state index contributed by atoms with van der Waals surface area (Å²) >= 11 is 0. The Balaban J connectivity index is -0.000000157. The SMILES string of the molecule is CCCCCC(C)C(C)(O)O.CCCCCC(C)C(C)(O)O.CCCCCC(C)C(C)(O)O.CCCCCC(C)C(C)(O)O.[Zr]. The molecule has 276 valence electrons. The van der Waals surface area contributed by atoms with Crippen molar-refractivity contribution in [2.75, 3.05) is 0 Å². The van der Waals surface area contributed by atoms with Crippen LogP contribution in [0.5, 0.6) is 0 Å². The maximum atomic E-state index is 9.14. The topological polar surface area (TPSA) is 162 Å². The Morgan fingerprint density at radius 3 is 0.556 bits per heavy atom. The van der Waals surface area contributed by atoms with Gasteiger partial charge in [-0.25, -0.2) is 0 Å². The van der Waals surface area contributed by atoms with Crippen molar-refractivity contribution < 1.29 is 67.1 Å². The third-order valence-electron chi connectivity index (χ3n) is 8.70. The summed E-state index contributed by atoms with van der Waals surface area (Å²) in [6.07, 6.45) is 17.4. The van der Waals surface area contributed by atoms with Crippen molar-refractivity contribution in [2.24, 2.45) is 23.7 Å². The van der Waals surface area contributed by atoms with Gasteiger partial charge in [0.25, 0.3) is 0 Å². The summed E-state index contributed by atoms with van der Waals surface area (Å²) in [4.78, 5) is 0. The van der Waals surface area contributed by atoms with Gasteiger partial charge in [-0.05, 0) is 53.4 Å². The molecule has 0 aliphatic rings. The van der Waals surface area contributed by atoms with E-state index < -0.39 is 23.1 Å². The predicted octanol–water partition coefficient (Wildman–Crippen LogP) is 7.61. The van der Waals surface area contributed by atoms with Gasteiger partial charge >= 0.3 is 0 Å². The van der Waals surface area contributed by atoms with Gasteiger partial charge in [-0.1, -0.05) is 132 Å². The second kappa shape index (κ2) is 30.6. The van der Waals surface area contributed by atoms with E-state index in [2.05, 4.69) is 27.7 Å². The van der Waals surface area contributed by atoms with Crippen molar-refractivity contribution in [3.8, 4) is 0 Å². The molecule has 0 bridgehead atoms. The number of aliphatic hydroxyl groups is 8. The van der Waals surface area contributed by atoms with E-state index in [1.807, 2.05) is 27.7 Å².